The monoisotopic (exact) mass is 356 g/mol. The molecule has 2 heterocycles. The first-order valence-corrected chi connectivity index (χ1v) is 8.95. The van der Waals surface area contributed by atoms with Gasteiger partial charge >= 0.3 is 4.87 Å². The van der Waals surface area contributed by atoms with E-state index in [2.05, 4.69) is 10.3 Å². The van der Waals surface area contributed by atoms with Crippen molar-refractivity contribution in [2.45, 2.75) is 32.9 Å². The molecule has 0 aliphatic heterocycles. The van der Waals surface area contributed by atoms with Crippen molar-refractivity contribution in [3.63, 3.8) is 0 Å². The van der Waals surface area contributed by atoms with E-state index in [-0.39, 0.29) is 23.2 Å². The lowest BCUT2D eigenvalue weighted by atomic mass is 10.1. The van der Waals surface area contributed by atoms with Gasteiger partial charge in [-0.05, 0) is 31.5 Å². The molecular weight excluding hydrogens is 336 g/mol. The predicted molar refractivity (Wildman–Crippen MR) is 98.1 cm³/mol. The summed E-state index contributed by atoms with van der Waals surface area (Å²) in [5, 5.41) is 4.79. The molecule has 0 spiro atoms. The Morgan fingerprint density at radius 2 is 2.08 bits per heavy atom. The molecule has 6 nitrogen and oxygen atoms in total. The molecule has 3 rings (SSSR count). The number of hydrogen-bond donors (Lipinski definition) is 1. The number of thiazole rings is 1. The molecule has 0 radical (unpaired) electrons. The van der Waals surface area contributed by atoms with Crippen LogP contribution in [0.5, 0.6) is 0 Å². The summed E-state index contributed by atoms with van der Waals surface area (Å²) in [6.45, 7) is 4.23. The molecule has 1 amide bonds. The highest BCUT2D eigenvalue weighted by Gasteiger charge is 2.11. The number of amides is 1. The van der Waals surface area contributed by atoms with Crippen molar-refractivity contribution in [2.24, 2.45) is 0 Å². The predicted octanol–water partition coefficient (Wildman–Crippen LogP) is 2.67. The molecule has 25 heavy (non-hydrogen) atoms. The molecule has 7 heteroatoms. The second kappa shape index (κ2) is 7.48. The molecule has 1 atom stereocenters. The van der Waals surface area contributed by atoms with Crippen LogP contribution in [-0.2, 0) is 11.3 Å². The van der Waals surface area contributed by atoms with Gasteiger partial charge in [-0.3, -0.25) is 9.59 Å². The third-order valence-corrected chi connectivity index (χ3v) is 4.99. The number of nitrogens with one attached hydrogen (secondary N) is 1. The highest BCUT2D eigenvalue weighted by atomic mass is 32.1. The fourth-order valence-corrected chi connectivity index (χ4v) is 3.39. The molecular formula is C18H20N4O2S. The van der Waals surface area contributed by atoms with Crippen molar-refractivity contribution >= 4 is 17.2 Å². The van der Waals surface area contributed by atoms with Crippen molar-refractivity contribution in [3.8, 4) is 5.69 Å². The average Bonchev–Trinajstić information content (AvgIpc) is 3.24. The van der Waals surface area contributed by atoms with E-state index in [0.717, 1.165) is 28.3 Å². The summed E-state index contributed by atoms with van der Waals surface area (Å²) in [5.74, 6) is -0.0660. The van der Waals surface area contributed by atoms with E-state index in [0.29, 0.717) is 6.54 Å². The zero-order valence-corrected chi connectivity index (χ0v) is 15.0. The van der Waals surface area contributed by atoms with Gasteiger partial charge in [0.25, 0.3) is 0 Å². The number of hydrogen-bond acceptors (Lipinski definition) is 4. The lowest BCUT2D eigenvalue weighted by molar-refractivity contribution is -0.121. The van der Waals surface area contributed by atoms with Crippen LogP contribution in [-0.4, -0.2) is 20.0 Å². The molecule has 0 saturated heterocycles. The standard InChI is InChI=1S/C18H20N4O2S/c1-13-11-25-18(24)22(13)9-7-17(23)20-14(2)15-3-5-16(6-4-15)21-10-8-19-12-21/h3-6,8,10-12,14H,7,9H2,1-2H3,(H,20,23)/t14-/m0/s1. The van der Waals surface area contributed by atoms with Crippen LogP contribution in [0.25, 0.3) is 5.69 Å². The fourth-order valence-electron chi connectivity index (χ4n) is 2.63. The van der Waals surface area contributed by atoms with Crippen LogP contribution in [0.1, 0.15) is 30.6 Å². The van der Waals surface area contributed by atoms with E-state index < -0.39 is 0 Å². The van der Waals surface area contributed by atoms with Crippen LogP contribution in [0.4, 0.5) is 0 Å². The Morgan fingerprint density at radius 3 is 2.68 bits per heavy atom. The van der Waals surface area contributed by atoms with Gasteiger partial charge in [-0.15, -0.1) is 0 Å². The largest absolute Gasteiger partial charge is 0.350 e. The zero-order chi connectivity index (χ0) is 17.8. The third-order valence-electron chi connectivity index (χ3n) is 4.11. The average molecular weight is 356 g/mol. The van der Waals surface area contributed by atoms with E-state index in [4.69, 9.17) is 0 Å². The van der Waals surface area contributed by atoms with Gasteiger partial charge in [-0.2, -0.15) is 0 Å². The van der Waals surface area contributed by atoms with Crippen molar-refractivity contribution in [2.75, 3.05) is 0 Å². The Morgan fingerprint density at radius 1 is 1.32 bits per heavy atom. The van der Waals surface area contributed by atoms with E-state index >= 15 is 0 Å². The van der Waals surface area contributed by atoms with Gasteiger partial charge in [0, 0.05) is 42.1 Å². The van der Waals surface area contributed by atoms with Gasteiger partial charge < -0.3 is 14.5 Å². The summed E-state index contributed by atoms with van der Waals surface area (Å²) >= 11 is 1.16. The fraction of sp³-hybridized carbons (Fsp3) is 0.278. The lowest BCUT2D eigenvalue weighted by Gasteiger charge is -2.15. The Labute approximate surface area is 149 Å². The molecule has 2 aromatic heterocycles. The Kier molecular flexibility index (Phi) is 5.14. The van der Waals surface area contributed by atoms with Crippen LogP contribution in [0.3, 0.4) is 0 Å². The first kappa shape index (κ1) is 17.2. The minimum Gasteiger partial charge on any atom is -0.350 e. The molecule has 0 unspecified atom stereocenters. The zero-order valence-electron chi connectivity index (χ0n) is 14.2. The Hall–Kier alpha value is -2.67. The maximum Gasteiger partial charge on any atom is 0.307 e. The maximum absolute atomic E-state index is 12.2. The summed E-state index contributed by atoms with van der Waals surface area (Å²) < 4.78 is 3.56. The summed E-state index contributed by atoms with van der Waals surface area (Å²) in [6.07, 6.45) is 5.65. The molecule has 0 aliphatic rings. The number of nitrogens with zero attached hydrogens (tertiary/aromatic N) is 3. The SMILES string of the molecule is Cc1csc(=O)n1CCC(=O)N[C@@H](C)c1ccc(-n2ccnc2)cc1. The molecule has 0 saturated carbocycles. The lowest BCUT2D eigenvalue weighted by Crippen LogP contribution is -2.28. The number of carbonyl (C=O) groups excluding carboxylic acids is 1. The molecule has 1 aromatic carbocycles. The highest BCUT2D eigenvalue weighted by Crippen LogP contribution is 2.16. The van der Waals surface area contributed by atoms with Crippen molar-refractivity contribution in [3.05, 3.63) is 69.3 Å². The van der Waals surface area contributed by atoms with E-state index in [1.54, 1.807) is 17.1 Å². The molecule has 0 bridgehead atoms. The Balaban J connectivity index is 1.57. The second-order valence-corrected chi connectivity index (χ2v) is 6.72. The molecule has 1 N–H and O–H groups in total. The van der Waals surface area contributed by atoms with Crippen molar-refractivity contribution in [1.29, 1.82) is 0 Å². The van der Waals surface area contributed by atoms with Gasteiger partial charge in [0.2, 0.25) is 5.91 Å². The van der Waals surface area contributed by atoms with E-state index in [9.17, 15) is 9.59 Å². The number of carbonyl (C=O) groups is 1. The summed E-state index contributed by atoms with van der Waals surface area (Å²) in [6, 6.07) is 7.88. The van der Waals surface area contributed by atoms with E-state index in [1.165, 1.54) is 0 Å². The molecule has 130 valence electrons. The van der Waals surface area contributed by atoms with Gasteiger partial charge in [-0.1, -0.05) is 23.5 Å². The third kappa shape index (κ3) is 4.06. The van der Waals surface area contributed by atoms with Gasteiger partial charge in [0.1, 0.15) is 0 Å². The molecule has 0 aliphatic carbocycles. The number of imidazole rings is 1. The highest BCUT2D eigenvalue weighted by molar-refractivity contribution is 7.07. The summed E-state index contributed by atoms with van der Waals surface area (Å²) in [4.78, 5) is 27.8. The van der Waals surface area contributed by atoms with E-state index in [1.807, 2.05) is 54.3 Å². The van der Waals surface area contributed by atoms with Gasteiger partial charge in [0.05, 0.1) is 12.4 Å². The van der Waals surface area contributed by atoms with Crippen molar-refractivity contribution in [1.82, 2.24) is 19.4 Å². The second-order valence-electron chi connectivity index (χ2n) is 5.90. The summed E-state index contributed by atoms with van der Waals surface area (Å²) in [5.41, 5.74) is 2.94. The topological polar surface area (TPSA) is 68.9 Å². The molecule has 0 fully saturated rings. The van der Waals surface area contributed by atoms with Gasteiger partial charge in [-0.25, -0.2) is 4.98 Å². The van der Waals surface area contributed by atoms with Crippen LogP contribution in [0.2, 0.25) is 0 Å². The smallest absolute Gasteiger partial charge is 0.307 e. The first-order valence-electron chi connectivity index (χ1n) is 8.07. The number of aryl methyl sites for hydroxylation is 1. The molecule has 3 aromatic rings. The minimum absolute atomic E-state index is 0.0200. The Bertz CT molecular complexity index is 894. The summed E-state index contributed by atoms with van der Waals surface area (Å²) in [7, 11) is 0. The first-order chi connectivity index (χ1) is 12.0. The number of benzene rings is 1. The quantitative estimate of drug-likeness (QED) is 0.738. The van der Waals surface area contributed by atoms with Gasteiger partial charge in [0.15, 0.2) is 0 Å². The minimum atomic E-state index is -0.0929. The van der Waals surface area contributed by atoms with Crippen LogP contribution in [0, 0.1) is 6.92 Å². The van der Waals surface area contributed by atoms with Crippen molar-refractivity contribution < 1.29 is 4.79 Å². The number of aromatic nitrogens is 3. The van der Waals surface area contributed by atoms with Crippen LogP contribution < -0.4 is 10.2 Å². The maximum atomic E-state index is 12.2. The van der Waals surface area contributed by atoms with Crippen LogP contribution >= 0.6 is 11.3 Å². The van der Waals surface area contributed by atoms with Crippen LogP contribution in [0.15, 0.2) is 53.2 Å². The number of rotatable bonds is 6. The normalized spacial score (nSPS) is 12.1.